The van der Waals surface area contributed by atoms with Crippen molar-refractivity contribution in [2.45, 2.75) is 58.8 Å². The first-order valence-electron chi connectivity index (χ1n) is 8.70. The number of rotatable bonds is 6. The first-order valence-corrected chi connectivity index (χ1v) is 10.3. The van der Waals surface area contributed by atoms with Crippen molar-refractivity contribution in [2.24, 2.45) is 11.3 Å². The van der Waals surface area contributed by atoms with Gasteiger partial charge in [-0.05, 0) is 56.5 Å². The molecule has 0 aromatic carbocycles. The topological polar surface area (TPSA) is 49.4 Å². The molecule has 1 N–H and O–H groups in total. The van der Waals surface area contributed by atoms with Gasteiger partial charge in [0.15, 0.2) is 0 Å². The summed E-state index contributed by atoms with van der Waals surface area (Å²) in [6.45, 7) is 8.04. The van der Waals surface area contributed by atoms with Crippen LogP contribution in [0.4, 0.5) is 0 Å². The average molecular weight is 317 g/mol. The normalized spacial score (nSPS) is 25.0. The van der Waals surface area contributed by atoms with Crippen molar-refractivity contribution in [3.63, 3.8) is 0 Å². The molecule has 0 aliphatic carbocycles. The Morgan fingerprint density at radius 2 is 1.67 bits per heavy atom. The molecule has 124 valence electrons. The van der Waals surface area contributed by atoms with Gasteiger partial charge < -0.3 is 5.32 Å². The van der Waals surface area contributed by atoms with E-state index in [0.717, 1.165) is 58.3 Å². The van der Waals surface area contributed by atoms with E-state index in [1.165, 1.54) is 12.8 Å². The molecule has 0 bridgehead atoms. The van der Waals surface area contributed by atoms with Gasteiger partial charge in [-0.25, -0.2) is 12.7 Å². The fraction of sp³-hybridized carbons (Fsp3) is 1.00. The van der Waals surface area contributed by atoms with Gasteiger partial charge in [-0.2, -0.15) is 0 Å². The number of hydrogen-bond acceptors (Lipinski definition) is 3. The van der Waals surface area contributed by atoms with Crippen LogP contribution in [0.3, 0.4) is 0 Å². The van der Waals surface area contributed by atoms with Gasteiger partial charge in [-0.15, -0.1) is 0 Å². The van der Waals surface area contributed by atoms with E-state index in [1.807, 2.05) is 0 Å². The lowest BCUT2D eigenvalue weighted by atomic mass is 9.75. The van der Waals surface area contributed by atoms with Crippen molar-refractivity contribution in [1.82, 2.24) is 9.62 Å². The van der Waals surface area contributed by atoms with Crippen LogP contribution < -0.4 is 5.32 Å². The first-order chi connectivity index (χ1) is 10.0. The van der Waals surface area contributed by atoms with E-state index in [2.05, 4.69) is 19.2 Å². The predicted molar refractivity (Wildman–Crippen MR) is 87.8 cm³/mol. The Morgan fingerprint density at radius 1 is 1.10 bits per heavy atom. The molecular formula is C16H32N2O2S. The van der Waals surface area contributed by atoms with Crippen molar-refractivity contribution in [2.75, 3.05) is 31.9 Å². The fourth-order valence-corrected chi connectivity index (χ4v) is 5.44. The van der Waals surface area contributed by atoms with Crippen LogP contribution in [0.5, 0.6) is 0 Å². The summed E-state index contributed by atoms with van der Waals surface area (Å²) in [5.41, 5.74) is 0.390. The molecule has 21 heavy (non-hydrogen) atoms. The molecule has 2 rings (SSSR count). The molecule has 5 heteroatoms. The van der Waals surface area contributed by atoms with E-state index in [0.29, 0.717) is 17.1 Å². The standard InChI is InChI=1S/C16H32N2O2S/c1-3-16(4-2)8-12-18(13-9-16)21(19,20)14-7-15-5-10-17-11-6-15/h15,17H,3-14H2,1-2H3. The smallest absolute Gasteiger partial charge is 0.214 e. The summed E-state index contributed by atoms with van der Waals surface area (Å²) >= 11 is 0. The molecule has 0 unspecified atom stereocenters. The summed E-state index contributed by atoms with van der Waals surface area (Å²) in [6.07, 6.45) is 7.51. The van der Waals surface area contributed by atoms with Crippen LogP contribution in [0.2, 0.25) is 0 Å². The summed E-state index contributed by atoms with van der Waals surface area (Å²) in [7, 11) is -3.04. The molecule has 4 nitrogen and oxygen atoms in total. The van der Waals surface area contributed by atoms with Gasteiger partial charge in [0.2, 0.25) is 10.0 Å². The Morgan fingerprint density at radius 3 is 2.19 bits per heavy atom. The Labute approximate surface area is 130 Å². The van der Waals surface area contributed by atoms with E-state index in [1.54, 1.807) is 4.31 Å². The molecule has 0 atom stereocenters. The molecular weight excluding hydrogens is 284 g/mol. The van der Waals surface area contributed by atoms with Gasteiger partial charge in [0.05, 0.1) is 5.75 Å². The van der Waals surface area contributed by atoms with Gasteiger partial charge in [0, 0.05) is 13.1 Å². The largest absolute Gasteiger partial charge is 0.317 e. The van der Waals surface area contributed by atoms with E-state index < -0.39 is 10.0 Å². The highest BCUT2D eigenvalue weighted by Gasteiger charge is 2.35. The van der Waals surface area contributed by atoms with Crippen molar-refractivity contribution in [3.05, 3.63) is 0 Å². The maximum atomic E-state index is 12.5. The minimum absolute atomic E-state index is 0.350. The second-order valence-corrected chi connectivity index (χ2v) is 8.99. The molecule has 0 radical (unpaired) electrons. The highest BCUT2D eigenvalue weighted by Crippen LogP contribution is 2.38. The Bertz CT molecular complexity index is 402. The summed E-state index contributed by atoms with van der Waals surface area (Å²) in [4.78, 5) is 0. The van der Waals surface area contributed by atoms with E-state index in [4.69, 9.17) is 0 Å². The highest BCUT2D eigenvalue weighted by atomic mass is 32.2. The molecule has 0 aromatic heterocycles. The number of piperidine rings is 2. The first kappa shape index (κ1) is 17.2. The van der Waals surface area contributed by atoms with Crippen LogP contribution in [-0.2, 0) is 10.0 Å². The average Bonchev–Trinajstić information content (AvgIpc) is 2.54. The molecule has 0 spiro atoms. The Hall–Kier alpha value is -0.130. The summed E-state index contributed by atoms with van der Waals surface area (Å²) in [6, 6.07) is 0. The van der Waals surface area contributed by atoms with Gasteiger partial charge in [0.25, 0.3) is 0 Å². The minimum atomic E-state index is -3.04. The predicted octanol–water partition coefficient (Wildman–Crippen LogP) is 2.61. The lowest BCUT2D eigenvalue weighted by Crippen LogP contribution is -2.44. The van der Waals surface area contributed by atoms with Crippen molar-refractivity contribution in [3.8, 4) is 0 Å². The van der Waals surface area contributed by atoms with Crippen molar-refractivity contribution in [1.29, 1.82) is 0 Å². The quantitative estimate of drug-likeness (QED) is 0.819. The molecule has 2 heterocycles. The van der Waals surface area contributed by atoms with Crippen LogP contribution >= 0.6 is 0 Å². The van der Waals surface area contributed by atoms with Crippen molar-refractivity contribution < 1.29 is 8.42 Å². The SMILES string of the molecule is CCC1(CC)CCN(S(=O)(=O)CCC2CCNCC2)CC1. The number of hydrogen-bond donors (Lipinski definition) is 1. The van der Waals surface area contributed by atoms with E-state index >= 15 is 0 Å². The second kappa shape index (κ2) is 7.42. The zero-order chi connectivity index (χ0) is 15.3. The minimum Gasteiger partial charge on any atom is -0.317 e. The third-order valence-corrected chi connectivity index (χ3v) is 7.82. The van der Waals surface area contributed by atoms with E-state index in [9.17, 15) is 8.42 Å². The molecule has 0 saturated carbocycles. The molecule has 2 saturated heterocycles. The second-order valence-electron chi connectivity index (χ2n) is 6.90. The summed E-state index contributed by atoms with van der Waals surface area (Å²) < 4.78 is 26.8. The maximum absolute atomic E-state index is 12.5. The zero-order valence-corrected chi connectivity index (χ0v) is 14.6. The third-order valence-electron chi connectivity index (χ3n) is 5.92. The van der Waals surface area contributed by atoms with Crippen molar-refractivity contribution >= 4 is 10.0 Å². The number of sulfonamides is 1. The molecule has 0 aromatic rings. The molecule has 2 aliphatic rings. The van der Waals surface area contributed by atoms with Crippen LogP contribution in [0, 0.1) is 11.3 Å². The van der Waals surface area contributed by atoms with Crippen LogP contribution in [0.1, 0.15) is 58.8 Å². The lowest BCUT2D eigenvalue weighted by molar-refractivity contribution is 0.141. The van der Waals surface area contributed by atoms with Crippen LogP contribution in [0.25, 0.3) is 0 Å². The third kappa shape index (κ3) is 4.42. The fourth-order valence-electron chi connectivity index (χ4n) is 3.81. The summed E-state index contributed by atoms with van der Waals surface area (Å²) in [5, 5.41) is 3.34. The zero-order valence-electron chi connectivity index (χ0n) is 13.7. The van der Waals surface area contributed by atoms with Crippen LogP contribution in [0.15, 0.2) is 0 Å². The van der Waals surface area contributed by atoms with E-state index in [-0.39, 0.29) is 0 Å². The number of nitrogens with zero attached hydrogens (tertiary/aromatic N) is 1. The molecule has 2 aliphatic heterocycles. The van der Waals surface area contributed by atoms with Crippen LogP contribution in [-0.4, -0.2) is 44.7 Å². The Kier molecular flexibility index (Phi) is 6.09. The maximum Gasteiger partial charge on any atom is 0.214 e. The van der Waals surface area contributed by atoms with Gasteiger partial charge in [0.1, 0.15) is 0 Å². The molecule has 2 fully saturated rings. The monoisotopic (exact) mass is 316 g/mol. The van der Waals surface area contributed by atoms with Gasteiger partial charge in [-0.1, -0.05) is 26.7 Å². The number of nitrogens with one attached hydrogen (secondary N) is 1. The Balaban J connectivity index is 1.83. The van der Waals surface area contributed by atoms with Gasteiger partial charge in [-0.3, -0.25) is 0 Å². The summed E-state index contributed by atoms with van der Waals surface area (Å²) in [5.74, 6) is 0.944. The highest BCUT2D eigenvalue weighted by molar-refractivity contribution is 7.89. The lowest BCUT2D eigenvalue weighted by Gasteiger charge is -2.40. The van der Waals surface area contributed by atoms with Gasteiger partial charge >= 0.3 is 0 Å². The molecule has 0 amide bonds.